The summed E-state index contributed by atoms with van der Waals surface area (Å²) in [5.74, 6) is 0.126. The van der Waals surface area contributed by atoms with Crippen LogP contribution in [0.4, 0.5) is 0 Å². The summed E-state index contributed by atoms with van der Waals surface area (Å²) in [7, 11) is 0. The molecule has 1 heterocycles. The van der Waals surface area contributed by atoms with Crippen LogP contribution in [0.2, 0.25) is 0 Å². The number of thiocarbonyl (C=S) groups is 1. The summed E-state index contributed by atoms with van der Waals surface area (Å²) in [5, 5.41) is 26.3. The Balaban J connectivity index is 2.44. The van der Waals surface area contributed by atoms with E-state index in [4.69, 9.17) is 12.2 Å². The molecule has 1 aromatic rings. The van der Waals surface area contributed by atoms with Crippen molar-refractivity contribution in [3.05, 3.63) is 23.8 Å². The van der Waals surface area contributed by atoms with Crippen LogP contribution in [0.5, 0.6) is 11.5 Å². The third-order valence-electron chi connectivity index (χ3n) is 3.21. The molecule has 18 heavy (non-hydrogen) atoms. The van der Waals surface area contributed by atoms with Crippen molar-refractivity contribution in [1.82, 2.24) is 10.6 Å². The summed E-state index contributed by atoms with van der Waals surface area (Å²) in [6, 6.07) is 4.64. The summed E-state index contributed by atoms with van der Waals surface area (Å²) in [5.41, 5.74) is 0.127. The Morgan fingerprint density at radius 1 is 1.17 bits per heavy atom. The van der Waals surface area contributed by atoms with Crippen LogP contribution < -0.4 is 10.6 Å². The van der Waals surface area contributed by atoms with Gasteiger partial charge in [0, 0.05) is 17.2 Å². The van der Waals surface area contributed by atoms with E-state index in [0.717, 1.165) is 12.0 Å². The van der Waals surface area contributed by atoms with Crippen molar-refractivity contribution in [1.29, 1.82) is 0 Å². The highest BCUT2D eigenvalue weighted by Crippen LogP contribution is 2.38. The second-order valence-electron chi connectivity index (χ2n) is 5.67. The molecular formula is C13H18N2O2S. The van der Waals surface area contributed by atoms with Gasteiger partial charge in [-0.1, -0.05) is 0 Å². The van der Waals surface area contributed by atoms with Gasteiger partial charge in [-0.2, -0.15) is 0 Å². The van der Waals surface area contributed by atoms with Crippen LogP contribution in [-0.2, 0) is 5.54 Å². The van der Waals surface area contributed by atoms with Crippen molar-refractivity contribution in [2.75, 3.05) is 0 Å². The topological polar surface area (TPSA) is 64.5 Å². The highest BCUT2D eigenvalue weighted by molar-refractivity contribution is 7.80. The molecule has 1 fully saturated rings. The molecule has 1 aliphatic rings. The van der Waals surface area contributed by atoms with Crippen molar-refractivity contribution in [2.45, 2.75) is 38.3 Å². The minimum atomic E-state index is -0.455. The van der Waals surface area contributed by atoms with E-state index in [1.54, 1.807) is 12.1 Å². The molecule has 1 atom stereocenters. The predicted octanol–water partition coefficient (Wildman–Crippen LogP) is 1.96. The van der Waals surface area contributed by atoms with Gasteiger partial charge in [0.15, 0.2) is 5.11 Å². The fourth-order valence-corrected chi connectivity index (χ4v) is 3.21. The Bertz CT molecular complexity index is 502. The minimum absolute atomic E-state index is 0.0515. The van der Waals surface area contributed by atoms with E-state index in [-0.39, 0.29) is 17.0 Å². The number of nitrogens with one attached hydrogen (secondary N) is 2. The van der Waals surface area contributed by atoms with E-state index in [0.29, 0.717) is 5.11 Å². The lowest BCUT2D eigenvalue weighted by Crippen LogP contribution is -2.63. The summed E-state index contributed by atoms with van der Waals surface area (Å²) < 4.78 is 0. The van der Waals surface area contributed by atoms with Crippen molar-refractivity contribution in [3.8, 4) is 11.5 Å². The maximum absolute atomic E-state index is 10.0. The summed E-state index contributed by atoms with van der Waals surface area (Å²) in [6.07, 6.45) is 0.762. The number of rotatable bonds is 1. The second-order valence-corrected chi connectivity index (χ2v) is 6.08. The molecule has 0 radical (unpaired) electrons. The normalized spacial score (nSPS) is 26.3. The molecule has 0 unspecified atom stereocenters. The number of phenolic OH excluding ortho intramolecular Hbond substituents is 2. The van der Waals surface area contributed by atoms with Gasteiger partial charge in [0.1, 0.15) is 11.5 Å². The number of hydrogen-bond acceptors (Lipinski definition) is 3. The highest BCUT2D eigenvalue weighted by atomic mass is 32.1. The zero-order valence-electron chi connectivity index (χ0n) is 10.7. The van der Waals surface area contributed by atoms with Gasteiger partial charge in [-0.15, -0.1) is 0 Å². The first kappa shape index (κ1) is 13.0. The van der Waals surface area contributed by atoms with E-state index in [9.17, 15) is 10.2 Å². The molecule has 5 heteroatoms. The summed E-state index contributed by atoms with van der Waals surface area (Å²) in [4.78, 5) is 0. The van der Waals surface area contributed by atoms with Crippen molar-refractivity contribution in [2.24, 2.45) is 0 Å². The molecule has 0 aromatic heterocycles. The lowest BCUT2D eigenvalue weighted by molar-refractivity contribution is 0.247. The average Bonchev–Trinajstić information content (AvgIpc) is 2.11. The lowest BCUT2D eigenvalue weighted by Gasteiger charge is -2.45. The number of phenols is 2. The van der Waals surface area contributed by atoms with Crippen LogP contribution in [0.25, 0.3) is 0 Å². The Morgan fingerprint density at radius 2 is 1.83 bits per heavy atom. The molecule has 0 aliphatic carbocycles. The molecule has 4 N–H and O–H groups in total. The monoisotopic (exact) mass is 266 g/mol. The maximum Gasteiger partial charge on any atom is 0.167 e. The van der Waals surface area contributed by atoms with Gasteiger partial charge in [-0.3, -0.25) is 0 Å². The largest absolute Gasteiger partial charge is 0.508 e. The molecule has 1 aliphatic heterocycles. The molecule has 98 valence electrons. The molecule has 0 amide bonds. The van der Waals surface area contributed by atoms with Gasteiger partial charge < -0.3 is 20.8 Å². The first-order valence-corrected chi connectivity index (χ1v) is 6.25. The Hall–Kier alpha value is -1.49. The van der Waals surface area contributed by atoms with Crippen LogP contribution >= 0.6 is 12.2 Å². The first-order valence-electron chi connectivity index (χ1n) is 5.85. The standard InChI is InChI=1S/C13H18N2O2S/c1-12(2)7-13(3,15-11(18)14-12)9-5-4-8(16)6-10(9)17/h4-6,16-17H,7H2,1-3H3,(H2,14,15,18)/t13-/m0/s1. The maximum atomic E-state index is 10.0. The molecule has 4 nitrogen and oxygen atoms in total. The van der Waals surface area contributed by atoms with Crippen LogP contribution in [0.3, 0.4) is 0 Å². The van der Waals surface area contributed by atoms with Gasteiger partial charge in [0.05, 0.1) is 5.54 Å². The summed E-state index contributed by atoms with van der Waals surface area (Å²) in [6.45, 7) is 6.12. The van der Waals surface area contributed by atoms with Crippen LogP contribution in [-0.4, -0.2) is 20.9 Å². The second kappa shape index (κ2) is 4.02. The fraction of sp³-hybridized carbons (Fsp3) is 0.462. The zero-order chi connectivity index (χ0) is 13.6. The molecular weight excluding hydrogens is 248 g/mol. The Morgan fingerprint density at radius 3 is 2.39 bits per heavy atom. The van der Waals surface area contributed by atoms with E-state index in [1.807, 2.05) is 6.92 Å². The van der Waals surface area contributed by atoms with Crippen molar-refractivity contribution >= 4 is 17.3 Å². The fourth-order valence-electron chi connectivity index (χ4n) is 2.71. The number of benzene rings is 1. The number of aromatic hydroxyl groups is 2. The minimum Gasteiger partial charge on any atom is -0.508 e. The zero-order valence-corrected chi connectivity index (χ0v) is 11.6. The highest BCUT2D eigenvalue weighted by Gasteiger charge is 2.40. The molecule has 0 bridgehead atoms. The molecule has 0 spiro atoms. The third kappa shape index (κ3) is 2.36. The van der Waals surface area contributed by atoms with Gasteiger partial charge in [0.2, 0.25) is 0 Å². The Kier molecular flexibility index (Phi) is 2.89. The molecule has 1 aromatic carbocycles. The van der Waals surface area contributed by atoms with Gasteiger partial charge in [-0.25, -0.2) is 0 Å². The lowest BCUT2D eigenvalue weighted by atomic mass is 9.78. The van der Waals surface area contributed by atoms with Crippen molar-refractivity contribution < 1.29 is 10.2 Å². The van der Waals surface area contributed by atoms with Crippen molar-refractivity contribution in [3.63, 3.8) is 0 Å². The molecule has 1 saturated heterocycles. The predicted molar refractivity (Wildman–Crippen MR) is 74.7 cm³/mol. The van der Waals surface area contributed by atoms with Crippen LogP contribution in [0.15, 0.2) is 18.2 Å². The summed E-state index contributed by atoms with van der Waals surface area (Å²) >= 11 is 5.22. The molecule has 2 rings (SSSR count). The van der Waals surface area contributed by atoms with E-state index in [2.05, 4.69) is 24.5 Å². The molecule has 0 saturated carbocycles. The van der Waals surface area contributed by atoms with Gasteiger partial charge in [0.25, 0.3) is 0 Å². The smallest absolute Gasteiger partial charge is 0.167 e. The van der Waals surface area contributed by atoms with E-state index in [1.165, 1.54) is 6.07 Å². The van der Waals surface area contributed by atoms with E-state index < -0.39 is 5.54 Å². The van der Waals surface area contributed by atoms with Gasteiger partial charge in [-0.05, 0) is 51.5 Å². The average molecular weight is 266 g/mol. The van der Waals surface area contributed by atoms with Crippen LogP contribution in [0.1, 0.15) is 32.8 Å². The first-order chi connectivity index (χ1) is 8.22. The van der Waals surface area contributed by atoms with Gasteiger partial charge >= 0.3 is 0 Å². The third-order valence-corrected chi connectivity index (χ3v) is 3.42. The quantitative estimate of drug-likeness (QED) is 0.585. The van der Waals surface area contributed by atoms with E-state index >= 15 is 0 Å². The number of hydrogen-bond donors (Lipinski definition) is 4. The SMILES string of the molecule is CC1(C)C[C@@](C)(c2ccc(O)cc2O)NC(=S)N1. The Labute approximate surface area is 112 Å². The van der Waals surface area contributed by atoms with Crippen LogP contribution in [0, 0.1) is 0 Å².